The topological polar surface area (TPSA) is 75.7 Å². The van der Waals surface area contributed by atoms with Crippen molar-refractivity contribution in [3.05, 3.63) is 34.3 Å². The second-order valence-corrected chi connectivity index (χ2v) is 7.93. The van der Waals surface area contributed by atoms with Gasteiger partial charge in [0.1, 0.15) is 6.04 Å². The van der Waals surface area contributed by atoms with Gasteiger partial charge in [-0.2, -0.15) is 11.8 Å². The van der Waals surface area contributed by atoms with Gasteiger partial charge in [0.25, 0.3) is 5.91 Å². The van der Waals surface area contributed by atoms with Crippen molar-refractivity contribution in [3.8, 4) is 0 Å². The van der Waals surface area contributed by atoms with E-state index >= 15 is 0 Å². The first-order chi connectivity index (χ1) is 12.8. The molecule has 0 saturated heterocycles. The molecule has 0 saturated carbocycles. The first-order valence-electron chi connectivity index (χ1n) is 8.76. The fourth-order valence-electron chi connectivity index (χ4n) is 2.58. The summed E-state index contributed by atoms with van der Waals surface area (Å²) >= 11 is 4.97. The molecule has 0 aromatic heterocycles. The molecule has 27 heavy (non-hydrogen) atoms. The van der Waals surface area contributed by atoms with E-state index in [1.165, 1.54) is 7.11 Å². The zero-order valence-electron chi connectivity index (χ0n) is 16.2. The molecule has 2 atom stereocenters. The SMILES string of the molecule is CCN(CC(C)C(=O)OC)C(=O)C(CCSC)NC(=O)c1ccccc1Br. The number of esters is 1. The van der Waals surface area contributed by atoms with Gasteiger partial charge in [0.2, 0.25) is 5.91 Å². The summed E-state index contributed by atoms with van der Waals surface area (Å²) in [6.45, 7) is 4.27. The van der Waals surface area contributed by atoms with Gasteiger partial charge in [0.05, 0.1) is 18.6 Å². The van der Waals surface area contributed by atoms with E-state index in [1.54, 1.807) is 41.8 Å². The Bertz CT molecular complexity index is 656. The molecule has 0 fully saturated rings. The minimum absolute atomic E-state index is 0.192. The molecule has 0 spiro atoms. The Morgan fingerprint density at radius 3 is 2.52 bits per heavy atom. The minimum Gasteiger partial charge on any atom is -0.469 e. The summed E-state index contributed by atoms with van der Waals surface area (Å²) in [6, 6.07) is 6.43. The van der Waals surface area contributed by atoms with Gasteiger partial charge >= 0.3 is 5.97 Å². The number of nitrogens with zero attached hydrogens (tertiary/aromatic N) is 1. The molecule has 1 rings (SSSR count). The van der Waals surface area contributed by atoms with Crippen molar-refractivity contribution < 1.29 is 19.1 Å². The molecule has 1 N–H and O–H groups in total. The zero-order chi connectivity index (χ0) is 20.4. The van der Waals surface area contributed by atoms with Crippen molar-refractivity contribution in [2.24, 2.45) is 5.92 Å². The highest BCUT2D eigenvalue weighted by Crippen LogP contribution is 2.16. The summed E-state index contributed by atoms with van der Waals surface area (Å²) in [7, 11) is 1.33. The smallest absolute Gasteiger partial charge is 0.310 e. The Balaban J connectivity index is 2.92. The van der Waals surface area contributed by atoms with E-state index in [4.69, 9.17) is 4.74 Å². The van der Waals surface area contributed by atoms with Gasteiger partial charge in [-0.3, -0.25) is 14.4 Å². The summed E-state index contributed by atoms with van der Waals surface area (Å²) in [5.74, 6) is -0.559. The standard InChI is InChI=1S/C19H27BrN2O4S/c1-5-22(12-13(2)19(25)26-3)18(24)16(10-11-27-4)21-17(23)14-8-6-7-9-15(14)20/h6-9,13,16H,5,10-12H2,1-4H3,(H,21,23). The number of amides is 2. The molecule has 0 aliphatic heterocycles. The normalized spacial score (nSPS) is 12.8. The Hall–Kier alpha value is -1.54. The highest BCUT2D eigenvalue weighted by molar-refractivity contribution is 9.10. The van der Waals surface area contributed by atoms with Gasteiger partial charge in [0, 0.05) is 17.6 Å². The van der Waals surface area contributed by atoms with Crippen LogP contribution in [0, 0.1) is 5.92 Å². The Morgan fingerprint density at radius 2 is 1.96 bits per heavy atom. The lowest BCUT2D eigenvalue weighted by atomic mass is 10.1. The van der Waals surface area contributed by atoms with Crippen LogP contribution in [-0.2, 0) is 14.3 Å². The predicted molar refractivity (Wildman–Crippen MR) is 112 cm³/mol. The summed E-state index contributed by atoms with van der Waals surface area (Å²) in [5, 5.41) is 2.85. The highest BCUT2D eigenvalue weighted by Gasteiger charge is 2.28. The molecule has 8 heteroatoms. The third-order valence-electron chi connectivity index (χ3n) is 4.12. The van der Waals surface area contributed by atoms with Crippen molar-refractivity contribution >= 4 is 45.5 Å². The second kappa shape index (κ2) is 12.0. The number of carbonyl (C=O) groups excluding carboxylic acids is 3. The molecular formula is C19H27BrN2O4S. The fraction of sp³-hybridized carbons (Fsp3) is 0.526. The van der Waals surface area contributed by atoms with E-state index in [0.29, 0.717) is 23.0 Å². The maximum absolute atomic E-state index is 13.0. The van der Waals surface area contributed by atoms with E-state index in [2.05, 4.69) is 21.2 Å². The average Bonchev–Trinajstić information content (AvgIpc) is 2.67. The van der Waals surface area contributed by atoms with Crippen molar-refractivity contribution in [1.82, 2.24) is 10.2 Å². The molecule has 2 amide bonds. The van der Waals surface area contributed by atoms with Crippen LogP contribution in [-0.4, -0.2) is 60.9 Å². The monoisotopic (exact) mass is 458 g/mol. The van der Waals surface area contributed by atoms with Crippen LogP contribution >= 0.6 is 27.7 Å². The van der Waals surface area contributed by atoms with Gasteiger partial charge in [0.15, 0.2) is 0 Å². The van der Waals surface area contributed by atoms with Crippen molar-refractivity contribution in [2.45, 2.75) is 26.3 Å². The summed E-state index contributed by atoms with van der Waals surface area (Å²) in [4.78, 5) is 38.9. The summed E-state index contributed by atoms with van der Waals surface area (Å²) < 4.78 is 5.41. The van der Waals surface area contributed by atoms with Crippen molar-refractivity contribution in [1.29, 1.82) is 0 Å². The predicted octanol–water partition coefficient (Wildman–Crippen LogP) is 2.96. The lowest BCUT2D eigenvalue weighted by molar-refractivity contribution is -0.146. The molecule has 0 aliphatic carbocycles. The number of benzene rings is 1. The summed E-state index contributed by atoms with van der Waals surface area (Å²) in [5.41, 5.74) is 0.477. The van der Waals surface area contributed by atoms with Crippen LogP contribution < -0.4 is 5.32 Å². The van der Waals surface area contributed by atoms with Crippen LogP contribution in [0.25, 0.3) is 0 Å². The molecule has 0 aliphatic rings. The first-order valence-corrected chi connectivity index (χ1v) is 10.9. The molecule has 2 unspecified atom stereocenters. The van der Waals surface area contributed by atoms with Crippen LogP contribution in [0.3, 0.4) is 0 Å². The molecule has 150 valence electrons. The number of ether oxygens (including phenoxy) is 1. The quantitative estimate of drug-likeness (QED) is 0.545. The van der Waals surface area contributed by atoms with E-state index in [0.717, 1.165) is 5.75 Å². The Morgan fingerprint density at radius 1 is 1.30 bits per heavy atom. The maximum Gasteiger partial charge on any atom is 0.310 e. The molecule has 1 aromatic rings. The number of nitrogens with one attached hydrogen (secondary N) is 1. The van der Waals surface area contributed by atoms with Crippen LogP contribution in [0.4, 0.5) is 0 Å². The molecular weight excluding hydrogens is 432 g/mol. The Kier molecular flexibility index (Phi) is 10.5. The number of halogens is 1. The van der Waals surface area contributed by atoms with Gasteiger partial charge in [-0.1, -0.05) is 19.1 Å². The van der Waals surface area contributed by atoms with Crippen LogP contribution in [0.15, 0.2) is 28.7 Å². The molecule has 0 bridgehead atoms. The number of methoxy groups -OCH3 is 1. The second-order valence-electron chi connectivity index (χ2n) is 6.09. The van der Waals surface area contributed by atoms with Gasteiger partial charge in [-0.05, 0) is 53.4 Å². The van der Waals surface area contributed by atoms with Crippen LogP contribution in [0.5, 0.6) is 0 Å². The largest absolute Gasteiger partial charge is 0.469 e. The van der Waals surface area contributed by atoms with E-state index < -0.39 is 12.0 Å². The lowest BCUT2D eigenvalue weighted by Crippen LogP contribution is -2.50. The Labute approximate surface area is 173 Å². The number of carbonyl (C=O) groups is 3. The highest BCUT2D eigenvalue weighted by atomic mass is 79.9. The molecule has 0 heterocycles. The first kappa shape index (κ1) is 23.5. The minimum atomic E-state index is -0.651. The van der Waals surface area contributed by atoms with Crippen LogP contribution in [0.1, 0.15) is 30.6 Å². The van der Waals surface area contributed by atoms with Gasteiger partial charge in [-0.25, -0.2) is 0 Å². The van der Waals surface area contributed by atoms with E-state index in [9.17, 15) is 14.4 Å². The number of hydrogen-bond acceptors (Lipinski definition) is 5. The maximum atomic E-state index is 13.0. The third kappa shape index (κ3) is 7.18. The third-order valence-corrected chi connectivity index (χ3v) is 5.46. The molecule has 6 nitrogen and oxygen atoms in total. The van der Waals surface area contributed by atoms with E-state index in [1.807, 2.05) is 19.2 Å². The number of hydrogen-bond donors (Lipinski definition) is 1. The number of rotatable bonds is 10. The lowest BCUT2D eigenvalue weighted by Gasteiger charge is -2.28. The average molecular weight is 459 g/mol. The van der Waals surface area contributed by atoms with Crippen molar-refractivity contribution in [3.63, 3.8) is 0 Å². The van der Waals surface area contributed by atoms with Gasteiger partial charge < -0.3 is 15.0 Å². The summed E-state index contributed by atoms with van der Waals surface area (Å²) in [6.07, 6.45) is 2.47. The van der Waals surface area contributed by atoms with Crippen molar-refractivity contribution in [2.75, 3.05) is 32.2 Å². The number of thioether (sulfide) groups is 1. The fourth-order valence-corrected chi connectivity index (χ4v) is 3.51. The molecule has 0 radical (unpaired) electrons. The number of likely N-dealkylation sites (N-methyl/N-ethyl adjacent to an activating group) is 1. The molecule has 1 aromatic carbocycles. The van der Waals surface area contributed by atoms with E-state index in [-0.39, 0.29) is 24.3 Å². The van der Waals surface area contributed by atoms with Crippen LogP contribution in [0.2, 0.25) is 0 Å². The zero-order valence-corrected chi connectivity index (χ0v) is 18.6. The van der Waals surface area contributed by atoms with Gasteiger partial charge in [-0.15, -0.1) is 0 Å².